The Labute approximate surface area is 163 Å². The zero-order valence-corrected chi connectivity index (χ0v) is 16.4. The van der Waals surface area contributed by atoms with Crippen molar-refractivity contribution in [3.8, 4) is 0 Å². The van der Waals surface area contributed by atoms with Gasteiger partial charge in [-0.1, -0.05) is 19.1 Å². The summed E-state index contributed by atoms with van der Waals surface area (Å²) >= 11 is 1.83. The summed E-state index contributed by atoms with van der Waals surface area (Å²) in [7, 11) is 0. The Morgan fingerprint density at radius 2 is 1.96 bits per heavy atom. The molecule has 4 rings (SSSR count). The second-order valence-corrected chi connectivity index (χ2v) is 8.51. The van der Waals surface area contributed by atoms with Crippen LogP contribution >= 0.6 is 11.8 Å². The van der Waals surface area contributed by atoms with Gasteiger partial charge >= 0.3 is 6.03 Å². The van der Waals surface area contributed by atoms with Gasteiger partial charge in [-0.05, 0) is 49.2 Å². The van der Waals surface area contributed by atoms with Crippen LogP contribution in [0.1, 0.15) is 29.3 Å². The molecule has 2 aliphatic rings. The van der Waals surface area contributed by atoms with Crippen LogP contribution in [0.2, 0.25) is 0 Å². The highest BCUT2D eigenvalue weighted by atomic mass is 32.2. The van der Waals surface area contributed by atoms with Crippen LogP contribution in [0.4, 0.5) is 16.2 Å². The summed E-state index contributed by atoms with van der Waals surface area (Å²) in [5, 5.41) is 3.29. The number of benzene rings is 2. The lowest BCUT2D eigenvalue weighted by atomic mass is 10.1. The lowest BCUT2D eigenvalue weighted by Gasteiger charge is -2.24. The quantitative estimate of drug-likeness (QED) is 0.854. The summed E-state index contributed by atoms with van der Waals surface area (Å²) in [6.07, 6.45) is 0.954. The molecule has 3 amide bonds. The Kier molecular flexibility index (Phi) is 4.83. The largest absolute Gasteiger partial charge is 0.336 e. The Hall–Kier alpha value is -2.47. The third kappa shape index (κ3) is 3.41. The van der Waals surface area contributed by atoms with E-state index < -0.39 is 0 Å². The Morgan fingerprint density at radius 3 is 2.70 bits per heavy atom. The highest BCUT2D eigenvalue weighted by molar-refractivity contribution is 8.00. The smallest absolute Gasteiger partial charge is 0.322 e. The van der Waals surface area contributed by atoms with E-state index in [0.717, 1.165) is 28.3 Å². The Balaban J connectivity index is 1.65. The van der Waals surface area contributed by atoms with Crippen molar-refractivity contribution in [3.05, 3.63) is 53.6 Å². The molecule has 1 atom stereocenters. The number of nitrogens with zero attached hydrogens (tertiary/aromatic N) is 2. The highest BCUT2D eigenvalue weighted by Crippen LogP contribution is 2.38. The minimum atomic E-state index is -0.0790. The molecule has 0 aliphatic carbocycles. The first-order chi connectivity index (χ1) is 13.0. The molecule has 0 aromatic heterocycles. The lowest BCUT2D eigenvalue weighted by molar-refractivity contribution is 0.0986. The van der Waals surface area contributed by atoms with Crippen LogP contribution in [0.3, 0.4) is 0 Å². The normalized spacial score (nSPS) is 19.5. The van der Waals surface area contributed by atoms with Gasteiger partial charge < -0.3 is 10.2 Å². The van der Waals surface area contributed by atoms with E-state index in [4.69, 9.17) is 0 Å². The molecule has 0 saturated carbocycles. The highest BCUT2D eigenvalue weighted by Gasteiger charge is 2.27. The molecule has 0 unspecified atom stereocenters. The fourth-order valence-electron chi connectivity index (χ4n) is 3.65. The number of carbonyl (C=O) groups is 2. The van der Waals surface area contributed by atoms with Crippen molar-refractivity contribution in [2.45, 2.75) is 30.4 Å². The van der Waals surface area contributed by atoms with E-state index in [9.17, 15) is 9.59 Å². The fourth-order valence-corrected chi connectivity index (χ4v) is 4.76. The van der Waals surface area contributed by atoms with Crippen LogP contribution < -0.4 is 15.1 Å². The number of hydrogen-bond donors (Lipinski definition) is 1. The molecule has 5 nitrogen and oxygen atoms in total. The van der Waals surface area contributed by atoms with E-state index in [1.807, 2.05) is 60.0 Å². The lowest BCUT2D eigenvalue weighted by Crippen LogP contribution is -2.32. The van der Waals surface area contributed by atoms with Crippen molar-refractivity contribution >= 4 is 35.1 Å². The second-order valence-electron chi connectivity index (χ2n) is 7.03. The second kappa shape index (κ2) is 7.27. The van der Waals surface area contributed by atoms with Crippen LogP contribution in [-0.4, -0.2) is 36.8 Å². The van der Waals surface area contributed by atoms with E-state index in [1.54, 1.807) is 4.90 Å². The van der Waals surface area contributed by atoms with Crippen LogP contribution in [0.5, 0.6) is 0 Å². The average molecular weight is 382 g/mol. The molecule has 2 aromatic rings. The van der Waals surface area contributed by atoms with E-state index in [0.29, 0.717) is 30.4 Å². The molecular formula is C21H23N3O2S. The number of amides is 3. The molecule has 2 heterocycles. The van der Waals surface area contributed by atoms with Crippen LogP contribution in [-0.2, 0) is 0 Å². The number of aryl methyl sites for hydroxylation is 1. The van der Waals surface area contributed by atoms with Gasteiger partial charge in [-0.15, -0.1) is 11.8 Å². The number of anilines is 2. The minimum Gasteiger partial charge on any atom is -0.336 e. The molecule has 1 N–H and O–H groups in total. The zero-order chi connectivity index (χ0) is 19.0. The number of para-hydroxylation sites is 1. The van der Waals surface area contributed by atoms with Crippen LogP contribution in [0.25, 0.3) is 0 Å². The predicted octanol–water partition coefficient (Wildman–Crippen LogP) is 4.06. The van der Waals surface area contributed by atoms with Gasteiger partial charge in [0.1, 0.15) is 0 Å². The van der Waals surface area contributed by atoms with Crippen molar-refractivity contribution in [2.24, 2.45) is 0 Å². The number of carbonyl (C=O) groups excluding carboxylic acids is 2. The number of rotatable bonds is 2. The fraction of sp³-hybridized carbons (Fsp3) is 0.333. The number of hydrogen-bond acceptors (Lipinski definition) is 3. The Bertz CT molecular complexity index is 899. The molecule has 2 aromatic carbocycles. The molecule has 0 bridgehead atoms. The maximum Gasteiger partial charge on any atom is 0.322 e. The van der Waals surface area contributed by atoms with Gasteiger partial charge in [0.2, 0.25) is 0 Å². The van der Waals surface area contributed by atoms with Gasteiger partial charge in [-0.25, -0.2) is 4.79 Å². The summed E-state index contributed by atoms with van der Waals surface area (Å²) in [4.78, 5) is 30.0. The number of nitrogens with one attached hydrogen (secondary N) is 1. The zero-order valence-electron chi connectivity index (χ0n) is 15.6. The van der Waals surface area contributed by atoms with Gasteiger partial charge in [0.05, 0.1) is 5.69 Å². The van der Waals surface area contributed by atoms with E-state index in [1.165, 1.54) is 0 Å². The molecule has 6 heteroatoms. The van der Waals surface area contributed by atoms with E-state index in [2.05, 4.69) is 18.3 Å². The minimum absolute atomic E-state index is 0.0117. The molecule has 2 aliphatic heterocycles. The molecular weight excluding hydrogens is 358 g/mol. The molecule has 1 saturated heterocycles. The summed E-state index contributed by atoms with van der Waals surface area (Å²) in [5.74, 6) is 0.0117. The van der Waals surface area contributed by atoms with Gasteiger partial charge in [0.15, 0.2) is 0 Å². The summed E-state index contributed by atoms with van der Waals surface area (Å²) < 4.78 is 0. The first-order valence-electron chi connectivity index (χ1n) is 9.28. The predicted molar refractivity (Wildman–Crippen MR) is 110 cm³/mol. The molecule has 27 heavy (non-hydrogen) atoms. The number of thioether (sulfide) groups is 1. The molecule has 0 spiro atoms. The Morgan fingerprint density at radius 1 is 1.15 bits per heavy atom. The first kappa shape index (κ1) is 17.9. The molecule has 1 fully saturated rings. The first-order valence-corrected chi connectivity index (χ1v) is 10.2. The van der Waals surface area contributed by atoms with Gasteiger partial charge in [0.25, 0.3) is 5.91 Å². The number of urea groups is 1. The van der Waals surface area contributed by atoms with Crippen LogP contribution in [0, 0.1) is 6.92 Å². The van der Waals surface area contributed by atoms with E-state index in [-0.39, 0.29) is 11.9 Å². The topological polar surface area (TPSA) is 52.7 Å². The van der Waals surface area contributed by atoms with Crippen molar-refractivity contribution in [1.29, 1.82) is 0 Å². The maximum atomic E-state index is 13.3. The van der Waals surface area contributed by atoms with Crippen molar-refractivity contribution in [3.63, 3.8) is 0 Å². The summed E-state index contributed by atoms with van der Waals surface area (Å²) in [5.41, 5.74) is 3.44. The van der Waals surface area contributed by atoms with E-state index >= 15 is 0 Å². The van der Waals surface area contributed by atoms with Crippen molar-refractivity contribution in [1.82, 2.24) is 5.32 Å². The monoisotopic (exact) mass is 381 g/mol. The van der Waals surface area contributed by atoms with Gasteiger partial charge in [-0.2, -0.15) is 0 Å². The molecule has 0 radical (unpaired) electrons. The maximum absolute atomic E-state index is 13.3. The number of fused-ring (bicyclic) bond motifs is 1. The SMILES string of the molecule is Cc1cc(C(=O)N2CC[C@H](C)Sc3ccccc32)ccc1N1CCNC1=O. The third-order valence-corrected chi connectivity index (χ3v) is 6.32. The molecule has 140 valence electrons. The van der Waals surface area contributed by atoms with Crippen LogP contribution in [0.15, 0.2) is 47.4 Å². The average Bonchev–Trinajstić information content (AvgIpc) is 3.00. The third-order valence-electron chi connectivity index (χ3n) is 5.08. The summed E-state index contributed by atoms with van der Waals surface area (Å²) in [6, 6.07) is 13.6. The van der Waals surface area contributed by atoms with Crippen molar-refractivity contribution < 1.29 is 9.59 Å². The van der Waals surface area contributed by atoms with Crippen molar-refractivity contribution in [2.75, 3.05) is 29.4 Å². The van der Waals surface area contributed by atoms with Gasteiger partial charge in [-0.3, -0.25) is 9.69 Å². The summed E-state index contributed by atoms with van der Waals surface area (Å²) in [6.45, 7) is 6.17. The standard InChI is InChI=1S/C21H23N3O2S/c1-14-13-16(7-8-17(14)24-12-10-22-21(24)26)20(25)23-11-9-15(2)27-19-6-4-3-5-18(19)23/h3-8,13,15H,9-12H2,1-2H3,(H,22,26)/t15-/m0/s1. The van der Waals surface area contributed by atoms with Gasteiger partial charge in [0, 0.05) is 41.0 Å².